The number of carbonyl (C=O) groups excluding carboxylic acids is 1. The first kappa shape index (κ1) is 16.2. The van der Waals surface area contributed by atoms with Crippen molar-refractivity contribution in [3.8, 4) is 0 Å². The topological polar surface area (TPSA) is 61.8 Å². The summed E-state index contributed by atoms with van der Waals surface area (Å²) in [4.78, 5) is 13.4. The molecule has 0 saturated carbocycles. The second kappa shape index (κ2) is 6.57. The fourth-order valence-electron chi connectivity index (χ4n) is 2.17. The smallest absolute Gasteiger partial charge is 0.410 e. The first-order valence-electron chi connectivity index (χ1n) is 7.09. The first-order valence-corrected chi connectivity index (χ1v) is 7.09. The molecule has 1 heterocycles. The second-order valence-electron chi connectivity index (χ2n) is 6.48. The molecule has 1 atom stereocenters. The number of amides is 1. The molecule has 1 fully saturated rings. The van der Waals surface area contributed by atoms with E-state index >= 15 is 0 Å². The van der Waals surface area contributed by atoms with Crippen molar-refractivity contribution in [2.24, 2.45) is 0 Å². The molecule has 0 aromatic heterocycles. The standard InChI is InChI=1S/C14H28N2O3/c1-13(2,3)19-12(17)16(4)11-8-14(18)6-5-9-15-10-7-14/h15,18H,5-11H2,1-4H3. The van der Waals surface area contributed by atoms with Gasteiger partial charge in [0.1, 0.15) is 5.60 Å². The Balaban J connectivity index is 2.40. The molecule has 0 radical (unpaired) electrons. The second-order valence-corrected chi connectivity index (χ2v) is 6.48. The molecule has 1 unspecified atom stereocenters. The van der Waals surface area contributed by atoms with Crippen molar-refractivity contribution in [2.75, 3.05) is 26.7 Å². The first-order chi connectivity index (χ1) is 8.72. The third-order valence-electron chi connectivity index (χ3n) is 3.38. The van der Waals surface area contributed by atoms with E-state index in [0.717, 1.165) is 32.4 Å². The van der Waals surface area contributed by atoms with Crippen molar-refractivity contribution in [2.45, 2.75) is 57.7 Å². The third-order valence-corrected chi connectivity index (χ3v) is 3.38. The molecule has 1 saturated heterocycles. The summed E-state index contributed by atoms with van der Waals surface area (Å²) in [6.45, 7) is 7.87. The van der Waals surface area contributed by atoms with Gasteiger partial charge in [-0.3, -0.25) is 0 Å². The van der Waals surface area contributed by atoms with E-state index < -0.39 is 11.2 Å². The maximum atomic E-state index is 11.8. The average molecular weight is 272 g/mol. The average Bonchev–Trinajstić information content (AvgIpc) is 2.49. The van der Waals surface area contributed by atoms with Gasteiger partial charge in [-0.25, -0.2) is 4.79 Å². The maximum absolute atomic E-state index is 11.8. The highest BCUT2D eigenvalue weighted by Crippen LogP contribution is 2.23. The summed E-state index contributed by atoms with van der Waals surface area (Å²) in [5.74, 6) is 0. The van der Waals surface area contributed by atoms with Crippen LogP contribution in [0.2, 0.25) is 0 Å². The van der Waals surface area contributed by atoms with E-state index in [9.17, 15) is 9.90 Å². The molecule has 0 aromatic carbocycles. The van der Waals surface area contributed by atoms with Crippen molar-refractivity contribution in [1.82, 2.24) is 10.2 Å². The highest BCUT2D eigenvalue weighted by Gasteiger charge is 2.29. The normalized spacial score (nSPS) is 24.7. The van der Waals surface area contributed by atoms with Crippen molar-refractivity contribution in [1.29, 1.82) is 0 Å². The summed E-state index contributed by atoms with van der Waals surface area (Å²) in [6, 6.07) is 0. The van der Waals surface area contributed by atoms with Crippen LogP contribution in [-0.2, 0) is 4.74 Å². The highest BCUT2D eigenvalue weighted by atomic mass is 16.6. The fraction of sp³-hybridized carbons (Fsp3) is 0.929. The van der Waals surface area contributed by atoms with Crippen LogP contribution < -0.4 is 5.32 Å². The van der Waals surface area contributed by atoms with Crippen LogP contribution in [-0.4, -0.2) is 54.0 Å². The lowest BCUT2D eigenvalue weighted by Crippen LogP contribution is -2.39. The van der Waals surface area contributed by atoms with Gasteiger partial charge < -0.3 is 20.1 Å². The van der Waals surface area contributed by atoms with Gasteiger partial charge in [-0.2, -0.15) is 0 Å². The molecule has 0 bridgehead atoms. The zero-order valence-corrected chi connectivity index (χ0v) is 12.7. The minimum absolute atomic E-state index is 0.331. The Morgan fingerprint density at radius 2 is 2.05 bits per heavy atom. The van der Waals surface area contributed by atoms with Crippen LogP contribution in [0.1, 0.15) is 46.5 Å². The largest absolute Gasteiger partial charge is 0.444 e. The summed E-state index contributed by atoms with van der Waals surface area (Å²) in [6.07, 6.45) is 2.79. The SMILES string of the molecule is CN(CCC1(O)CCCNCC1)C(=O)OC(C)(C)C. The molecule has 0 spiro atoms. The third kappa shape index (κ3) is 6.25. The Bertz CT molecular complexity index is 292. The van der Waals surface area contributed by atoms with Gasteiger partial charge in [0.15, 0.2) is 0 Å². The van der Waals surface area contributed by atoms with E-state index in [-0.39, 0.29) is 6.09 Å². The van der Waals surface area contributed by atoms with Gasteiger partial charge in [0.2, 0.25) is 0 Å². The number of aliphatic hydroxyl groups is 1. The van der Waals surface area contributed by atoms with Crippen LogP contribution >= 0.6 is 0 Å². The number of nitrogens with one attached hydrogen (secondary N) is 1. The van der Waals surface area contributed by atoms with E-state index in [1.807, 2.05) is 20.8 Å². The predicted molar refractivity (Wildman–Crippen MR) is 75.2 cm³/mol. The molecule has 19 heavy (non-hydrogen) atoms. The molecule has 1 aliphatic heterocycles. The van der Waals surface area contributed by atoms with E-state index in [2.05, 4.69) is 5.32 Å². The van der Waals surface area contributed by atoms with Crippen LogP contribution in [0.5, 0.6) is 0 Å². The van der Waals surface area contributed by atoms with Gasteiger partial charge in [-0.05, 0) is 59.5 Å². The van der Waals surface area contributed by atoms with Crippen molar-refractivity contribution in [3.05, 3.63) is 0 Å². The molecule has 1 aliphatic rings. The molecule has 2 N–H and O–H groups in total. The number of carbonyl (C=O) groups is 1. The Morgan fingerprint density at radius 3 is 2.68 bits per heavy atom. The molecule has 112 valence electrons. The Hall–Kier alpha value is -0.810. The number of ether oxygens (including phenoxy) is 1. The Kier molecular flexibility index (Phi) is 5.62. The van der Waals surface area contributed by atoms with Crippen molar-refractivity contribution in [3.63, 3.8) is 0 Å². The van der Waals surface area contributed by atoms with Gasteiger partial charge in [0.05, 0.1) is 5.60 Å². The van der Waals surface area contributed by atoms with Crippen LogP contribution in [0.25, 0.3) is 0 Å². The van der Waals surface area contributed by atoms with Crippen molar-refractivity contribution >= 4 is 6.09 Å². The predicted octanol–water partition coefficient (Wildman–Crippen LogP) is 1.75. The molecule has 1 amide bonds. The van der Waals surface area contributed by atoms with Crippen LogP contribution in [0.3, 0.4) is 0 Å². The minimum Gasteiger partial charge on any atom is -0.444 e. The molecule has 0 aliphatic carbocycles. The summed E-state index contributed by atoms with van der Waals surface area (Å²) in [5, 5.41) is 13.8. The zero-order chi connectivity index (χ0) is 14.5. The van der Waals surface area contributed by atoms with Crippen LogP contribution in [0, 0.1) is 0 Å². The maximum Gasteiger partial charge on any atom is 0.410 e. The lowest BCUT2D eigenvalue weighted by molar-refractivity contribution is 0.00225. The monoisotopic (exact) mass is 272 g/mol. The van der Waals surface area contributed by atoms with Gasteiger partial charge in [-0.1, -0.05) is 0 Å². The molecular weight excluding hydrogens is 244 g/mol. The number of hydrogen-bond donors (Lipinski definition) is 2. The Labute approximate surface area is 116 Å². The molecule has 5 heteroatoms. The van der Waals surface area contributed by atoms with E-state index in [0.29, 0.717) is 13.0 Å². The summed E-state index contributed by atoms with van der Waals surface area (Å²) < 4.78 is 5.29. The van der Waals surface area contributed by atoms with Crippen LogP contribution in [0.4, 0.5) is 4.79 Å². The van der Waals surface area contributed by atoms with Crippen molar-refractivity contribution < 1.29 is 14.6 Å². The quantitative estimate of drug-likeness (QED) is 0.821. The van der Waals surface area contributed by atoms with Gasteiger partial charge in [0.25, 0.3) is 0 Å². The number of hydrogen-bond acceptors (Lipinski definition) is 4. The Morgan fingerprint density at radius 1 is 1.37 bits per heavy atom. The number of nitrogens with zero attached hydrogens (tertiary/aromatic N) is 1. The van der Waals surface area contributed by atoms with Gasteiger partial charge in [-0.15, -0.1) is 0 Å². The molecular formula is C14H28N2O3. The number of rotatable bonds is 3. The lowest BCUT2D eigenvalue weighted by Gasteiger charge is -2.30. The highest BCUT2D eigenvalue weighted by molar-refractivity contribution is 5.67. The van der Waals surface area contributed by atoms with E-state index in [4.69, 9.17) is 4.74 Å². The van der Waals surface area contributed by atoms with E-state index in [1.54, 1.807) is 11.9 Å². The molecule has 1 rings (SSSR count). The van der Waals surface area contributed by atoms with Crippen LogP contribution in [0.15, 0.2) is 0 Å². The molecule has 5 nitrogen and oxygen atoms in total. The summed E-state index contributed by atoms with van der Waals surface area (Å²) >= 11 is 0. The molecule has 0 aromatic rings. The minimum atomic E-state index is -0.653. The summed E-state index contributed by atoms with van der Waals surface area (Å²) in [5.41, 5.74) is -1.13. The van der Waals surface area contributed by atoms with Gasteiger partial charge in [0, 0.05) is 13.6 Å². The van der Waals surface area contributed by atoms with E-state index in [1.165, 1.54) is 0 Å². The fourth-order valence-corrected chi connectivity index (χ4v) is 2.17. The van der Waals surface area contributed by atoms with Gasteiger partial charge >= 0.3 is 6.09 Å². The lowest BCUT2D eigenvalue weighted by atomic mass is 9.91. The zero-order valence-electron chi connectivity index (χ0n) is 12.7. The summed E-state index contributed by atoms with van der Waals surface area (Å²) in [7, 11) is 1.71.